The maximum absolute atomic E-state index is 13.5. The van der Waals surface area contributed by atoms with E-state index < -0.39 is 33.4 Å². The van der Waals surface area contributed by atoms with Crippen LogP contribution in [0.4, 0.5) is 4.39 Å². The van der Waals surface area contributed by atoms with Gasteiger partial charge in [-0.2, -0.15) is 4.31 Å². The lowest BCUT2D eigenvalue weighted by atomic mass is 9.94. The van der Waals surface area contributed by atoms with Crippen LogP contribution in [0.15, 0.2) is 77.7 Å². The molecule has 146 valence electrons. The molecular formula is C22H16FNO4S. The van der Waals surface area contributed by atoms with E-state index in [0.717, 1.165) is 4.31 Å². The number of carbonyl (C=O) groups excluding carboxylic acids is 2. The van der Waals surface area contributed by atoms with Gasteiger partial charge in [0, 0.05) is 18.2 Å². The number of hydrogen-bond acceptors (Lipinski definition) is 4. The van der Waals surface area contributed by atoms with E-state index in [-0.39, 0.29) is 16.0 Å². The maximum Gasteiger partial charge on any atom is 0.244 e. The van der Waals surface area contributed by atoms with E-state index in [2.05, 4.69) is 0 Å². The van der Waals surface area contributed by atoms with Gasteiger partial charge in [0.05, 0.1) is 4.90 Å². The van der Waals surface area contributed by atoms with Crippen molar-refractivity contribution in [2.24, 2.45) is 0 Å². The zero-order chi connectivity index (χ0) is 20.8. The summed E-state index contributed by atoms with van der Waals surface area (Å²) >= 11 is 0. The van der Waals surface area contributed by atoms with Gasteiger partial charge in [-0.25, -0.2) is 12.8 Å². The summed E-state index contributed by atoms with van der Waals surface area (Å²) in [6, 6.07) is 16.6. The van der Waals surface area contributed by atoms with Crippen LogP contribution in [-0.4, -0.2) is 37.4 Å². The van der Waals surface area contributed by atoms with Crippen LogP contribution in [0, 0.1) is 5.82 Å². The molecule has 0 amide bonds. The number of rotatable bonds is 3. The molecule has 0 radical (unpaired) electrons. The molecule has 1 aliphatic rings. The molecule has 0 aromatic heterocycles. The van der Waals surface area contributed by atoms with Crippen LogP contribution in [0.2, 0.25) is 0 Å². The van der Waals surface area contributed by atoms with Gasteiger partial charge in [0.2, 0.25) is 10.0 Å². The Morgan fingerprint density at radius 3 is 2.31 bits per heavy atom. The first kappa shape index (κ1) is 19.2. The van der Waals surface area contributed by atoms with Crippen LogP contribution < -0.4 is 0 Å². The number of sulfonamides is 1. The highest BCUT2D eigenvalue weighted by molar-refractivity contribution is 7.89. The molecule has 1 atom stereocenters. The molecule has 0 fully saturated rings. The standard InChI is InChI=1S/C22H16FNO4S/c1-24-20(22(26)18-10-2-3-11-19(18)29(24,27)28)21(25)16-8-4-6-14(12-16)15-7-5-9-17(23)13-15/h2-13,20H,1H3. The largest absolute Gasteiger partial charge is 0.292 e. The van der Waals surface area contributed by atoms with Gasteiger partial charge in [-0.05, 0) is 41.5 Å². The van der Waals surface area contributed by atoms with Crippen molar-refractivity contribution < 1.29 is 22.4 Å². The molecule has 0 saturated carbocycles. The molecule has 29 heavy (non-hydrogen) atoms. The number of nitrogens with zero attached hydrogens (tertiary/aromatic N) is 1. The van der Waals surface area contributed by atoms with Crippen LogP contribution in [0.5, 0.6) is 0 Å². The summed E-state index contributed by atoms with van der Waals surface area (Å²) in [6.07, 6.45) is 0. The predicted octanol–water partition coefficient (Wildman–Crippen LogP) is 3.56. The number of ketones is 2. The molecule has 5 nitrogen and oxygen atoms in total. The average Bonchev–Trinajstić information content (AvgIpc) is 2.73. The fourth-order valence-corrected chi connectivity index (χ4v) is 4.94. The number of hydrogen-bond donors (Lipinski definition) is 0. The van der Waals surface area contributed by atoms with E-state index in [1.54, 1.807) is 30.3 Å². The molecule has 0 saturated heterocycles. The SMILES string of the molecule is CN1C(C(=O)c2cccc(-c3cccc(F)c3)c2)C(=O)c2ccccc2S1(=O)=O. The van der Waals surface area contributed by atoms with E-state index in [4.69, 9.17) is 0 Å². The molecule has 0 bridgehead atoms. The summed E-state index contributed by atoms with van der Waals surface area (Å²) in [5.74, 6) is -1.61. The lowest BCUT2D eigenvalue weighted by Crippen LogP contribution is -2.51. The van der Waals surface area contributed by atoms with E-state index in [1.807, 2.05) is 0 Å². The lowest BCUT2D eigenvalue weighted by molar-refractivity contribution is 0.0784. The minimum Gasteiger partial charge on any atom is -0.292 e. The molecular weight excluding hydrogens is 393 g/mol. The smallest absolute Gasteiger partial charge is 0.244 e. The summed E-state index contributed by atoms with van der Waals surface area (Å²) in [4.78, 5) is 26.0. The number of carbonyl (C=O) groups is 2. The summed E-state index contributed by atoms with van der Waals surface area (Å²) in [5, 5.41) is 0. The highest BCUT2D eigenvalue weighted by Crippen LogP contribution is 2.31. The third kappa shape index (κ3) is 3.18. The first-order valence-electron chi connectivity index (χ1n) is 8.82. The predicted molar refractivity (Wildman–Crippen MR) is 106 cm³/mol. The molecule has 0 N–H and O–H groups in total. The van der Waals surface area contributed by atoms with Gasteiger partial charge in [0.1, 0.15) is 5.82 Å². The number of likely N-dealkylation sites (N-methyl/N-ethyl adjacent to an activating group) is 1. The molecule has 0 aliphatic carbocycles. The highest BCUT2D eigenvalue weighted by Gasteiger charge is 2.45. The third-order valence-electron chi connectivity index (χ3n) is 4.97. The van der Waals surface area contributed by atoms with Gasteiger partial charge in [-0.1, -0.05) is 42.5 Å². The number of halogens is 1. The van der Waals surface area contributed by atoms with Gasteiger partial charge in [0.15, 0.2) is 17.6 Å². The van der Waals surface area contributed by atoms with E-state index in [1.165, 1.54) is 49.5 Å². The van der Waals surface area contributed by atoms with Gasteiger partial charge in [0.25, 0.3) is 0 Å². The van der Waals surface area contributed by atoms with Crippen molar-refractivity contribution in [2.75, 3.05) is 7.05 Å². The lowest BCUT2D eigenvalue weighted by Gasteiger charge is -2.31. The Balaban J connectivity index is 1.77. The highest BCUT2D eigenvalue weighted by atomic mass is 32.2. The van der Waals surface area contributed by atoms with Crippen LogP contribution in [0.25, 0.3) is 11.1 Å². The second-order valence-corrected chi connectivity index (χ2v) is 8.71. The van der Waals surface area contributed by atoms with Crippen molar-refractivity contribution in [2.45, 2.75) is 10.9 Å². The fourth-order valence-electron chi connectivity index (χ4n) is 3.46. The van der Waals surface area contributed by atoms with Gasteiger partial charge >= 0.3 is 0 Å². The summed E-state index contributed by atoms with van der Waals surface area (Å²) in [7, 11) is -2.76. The Morgan fingerprint density at radius 1 is 0.931 bits per heavy atom. The number of fused-ring (bicyclic) bond motifs is 1. The van der Waals surface area contributed by atoms with Crippen molar-refractivity contribution in [3.8, 4) is 11.1 Å². The number of Topliss-reactive ketones (excluding diaryl/α,β-unsaturated/α-hetero) is 2. The van der Waals surface area contributed by atoms with Crippen molar-refractivity contribution in [3.05, 3.63) is 89.7 Å². The van der Waals surface area contributed by atoms with Gasteiger partial charge in [-0.3, -0.25) is 9.59 Å². The zero-order valence-corrected chi connectivity index (χ0v) is 16.2. The minimum atomic E-state index is -3.98. The Morgan fingerprint density at radius 2 is 1.59 bits per heavy atom. The third-order valence-corrected chi connectivity index (χ3v) is 6.86. The second kappa shape index (κ2) is 7.02. The molecule has 0 spiro atoms. The van der Waals surface area contributed by atoms with E-state index in [0.29, 0.717) is 11.1 Å². The maximum atomic E-state index is 13.5. The topological polar surface area (TPSA) is 71.5 Å². The van der Waals surface area contributed by atoms with Crippen molar-refractivity contribution >= 4 is 21.6 Å². The normalized spacial score (nSPS) is 18.3. The van der Waals surface area contributed by atoms with Gasteiger partial charge in [-0.15, -0.1) is 0 Å². The van der Waals surface area contributed by atoms with E-state index >= 15 is 0 Å². The van der Waals surface area contributed by atoms with Crippen molar-refractivity contribution in [1.29, 1.82) is 0 Å². The zero-order valence-electron chi connectivity index (χ0n) is 15.4. The molecule has 1 aliphatic heterocycles. The monoisotopic (exact) mass is 409 g/mol. The average molecular weight is 409 g/mol. The van der Waals surface area contributed by atoms with Crippen LogP contribution in [0.3, 0.4) is 0 Å². The first-order valence-corrected chi connectivity index (χ1v) is 10.3. The Hall–Kier alpha value is -3.16. The second-order valence-electron chi connectivity index (χ2n) is 6.74. The van der Waals surface area contributed by atoms with Crippen LogP contribution >= 0.6 is 0 Å². The van der Waals surface area contributed by atoms with Crippen LogP contribution in [0.1, 0.15) is 20.7 Å². The quantitative estimate of drug-likeness (QED) is 0.490. The first-order chi connectivity index (χ1) is 13.8. The molecule has 1 heterocycles. The number of benzene rings is 3. The Bertz CT molecular complexity index is 1250. The Labute approximate surface area is 167 Å². The fraction of sp³-hybridized carbons (Fsp3) is 0.0909. The summed E-state index contributed by atoms with van der Waals surface area (Å²) in [6.45, 7) is 0. The minimum absolute atomic E-state index is 0.00485. The van der Waals surface area contributed by atoms with Gasteiger partial charge < -0.3 is 0 Å². The van der Waals surface area contributed by atoms with Crippen molar-refractivity contribution in [3.63, 3.8) is 0 Å². The molecule has 3 aromatic carbocycles. The summed E-state index contributed by atoms with van der Waals surface area (Å²) in [5.41, 5.74) is 1.34. The molecule has 4 rings (SSSR count). The summed E-state index contributed by atoms with van der Waals surface area (Å²) < 4.78 is 40.0. The van der Waals surface area contributed by atoms with Crippen LogP contribution in [-0.2, 0) is 10.0 Å². The van der Waals surface area contributed by atoms with E-state index in [9.17, 15) is 22.4 Å². The molecule has 7 heteroatoms. The van der Waals surface area contributed by atoms with Crippen molar-refractivity contribution in [1.82, 2.24) is 4.31 Å². The molecule has 3 aromatic rings. The molecule has 1 unspecified atom stereocenters. The Kier molecular flexibility index (Phi) is 4.64.